The van der Waals surface area contributed by atoms with Gasteiger partial charge in [0.1, 0.15) is 16.4 Å². The molecule has 150 valence electrons. The SMILES string of the molecule is CCOC(=O)c1c(-c2ccc(F)cc2)csc1NC(=O)CNc1cccc(C)c1. The second kappa shape index (κ2) is 9.34. The Morgan fingerprint density at radius 2 is 1.90 bits per heavy atom. The van der Waals surface area contributed by atoms with Crippen molar-refractivity contribution in [3.63, 3.8) is 0 Å². The molecule has 3 aromatic rings. The Morgan fingerprint density at radius 3 is 2.59 bits per heavy atom. The van der Waals surface area contributed by atoms with Crippen LogP contribution in [-0.4, -0.2) is 25.0 Å². The van der Waals surface area contributed by atoms with Gasteiger partial charge in [-0.25, -0.2) is 9.18 Å². The van der Waals surface area contributed by atoms with Crippen LogP contribution in [0, 0.1) is 12.7 Å². The highest BCUT2D eigenvalue weighted by atomic mass is 32.1. The number of hydrogen-bond donors (Lipinski definition) is 2. The molecule has 0 atom stereocenters. The third-order valence-electron chi connectivity index (χ3n) is 4.15. The van der Waals surface area contributed by atoms with E-state index in [1.807, 2.05) is 31.2 Å². The summed E-state index contributed by atoms with van der Waals surface area (Å²) in [5.41, 5.74) is 3.46. The topological polar surface area (TPSA) is 67.4 Å². The number of hydrogen-bond acceptors (Lipinski definition) is 5. The van der Waals surface area contributed by atoms with E-state index in [4.69, 9.17) is 4.74 Å². The summed E-state index contributed by atoms with van der Waals surface area (Å²) < 4.78 is 18.4. The lowest BCUT2D eigenvalue weighted by molar-refractivity contribution is -0.114. The number of carbonyl (C=O) groups excluding carboxylic acids is 2. The minimum Gasteiger partial charge on any atom is -0.462 e. The molecule has 1 amide bonds. The monoisotopic (exact) mass is 412 g/mol. The number of amides is 1. The van der Waals surface area contributed by atoms with Gasteiger partial charge in [-0.05, 0) is 49.2 Å². The Hall–Kier alpha value is -3.19. The number of ether oxygens (including phenoxy) is 1. The lowest BCUT2D eigenvalue weighted by atomic mass is 10.0. The fourth-order valence-electron chi connectivity index (χ4n) is 2.81. The molecule has 7 heteroatoms. The second-order valence-corrected chi connectivity index (χ2v) is 7.23. The number of rotatable bonds is 7. The van der Waals surface area contributed by atoms with Crippen molar-refractivity contribution >= 4 is 33.9 Å². The molecular weight excluding hydrogens is 391 g/mol. The van der Waals surface area contributed by atoms with E-state index in [-0.39, 0.29) is 30.4 Å². The average Bonchev–Trinajstić information content (AvgIpc) is 3.11. The van der Waals surface area contributed by atoms with Gasteiger partial charge in [0.25, 0.3) is 0 Å². The maximum atomic E-state index is 13.3. The summed E-state index contributed by atoms with van der Waals surface area (Å²) in [7, 11) is 0. The lowest BCUT2D eigenvalue weighted by Crippen LogP contribution is -2.22. The van der Waals surface area contributed by atoms with Crippen molar-refractivity contribution in [1.29, 1.82) is 0 Å². The molecule has 1 heterocycles. The molecule has 0 spiro atoms. The van der Waals surface area contributed by atoms with Gasteiger partial charge in [0.05, 0.1) is 13.2 Å². The first-order chi connectivity index (χ1) is 14.0. The lowest BCUT2D eigenvalue weighted by Gasteiger charge is -2.10. The van der Waals surface area contributed by atoms with Crippen LogP contribution in [0.25, 0.3) is 11.1 Å². The van der Waals surface area contributed by atoms with Crippen LogP contribution >= 0.6 is 11.3 Å². The Kier molecular flexibility index (Phi) is 6.61. The van der Waals surface area contributed by atoms with Gasteiger partial charge in [0, 0.05) is 16.6 Å². The van der Waals surface area contributed by atoms with Crippen LogP contribution < -0.4 is 10.6 Å². The molecule has 2 aromatic carbocycles. The molecule has 0 fully saturated rings. The number of nitrogens with one attached hydrogen (secondary N) is 2. The predicted molar refractivity (Wildman–Crippen MR) is 114 cm³/mol. The second-order valence-electron chi connectivity index (χ2n) is 6.35. The van der Waals surface area contributed by atoms with Crippen LogP contribution in [-0.2, 0) is 9.53 Å². The van der Waals surface area contributed by atoms with Gasteiger partial charge in [0.2, 0.25) is 5.91 Å². The molecule has 5 nitrogen and oxygen atoms in total. The number of aryl methyl sites for hydroxylation is 1. The van der Waals surface area contributed by atoms with E-state index in [1.165, 1.54) is 23.5 Å². The highest BCUT2D eigenvalue weighted by Gasteiger charge is 2.22. The van der Waals surface area contributed by atoms with Gasteiger partial charge in [-0.15, -0.1) is 11.3 Å². The summed E-state index contributed by atoms with van der Waals surface area (Å²) in [5, 5.41) is 7.99. The maximum Gasteiger partial charge on any atom is 0.341 e. The molecule has 0 radical (unpaired) electrons. The van der Waals surface area contributed by atoms with Gasteiger partial charge >= 0.3 is 5.97 Å². The number of thiophene rings is 1. The predicted octanol–water partition coefficient (Wildman–Crippen LogP) is 5.09. The number of benzene rings is 2. The summed E-state index contributed by atoms with van der Waals surface area (Å²) in [6.07, 6.45) is 0. The minimum absolute atomic E-state index is 0.0511. The summed E-state index contributed by atoms with van der Waals surface area (Å²) in [4.78, 5) is 25.0. The van der Waals surface area contributed by atoms with Crippen molar-refractivity contribution in [2.45, 2.75) is 13.8 Å². The molecule has 2 N–H and O–H groups in total. The molecule has 0 aliphatic carbocycles. The molecule has 0 bridgehead atoms. The zero-order valence-corrected chi connectivity index (χ0v) is 16.9. The number of halogens is 1. The van der Waals surface area contributed by atoms with Crippen molar-refractivity contribution in [2.24, 2.45) is 0 Å². The van der Waals surface area contributed by atoms with Gasteiger partial charge in [-0.2, -0.15) is 0 Å². The van der Waals surface area contributed by atoms with Gasteiger partial charge in [-0.1, -0.05) is 24.3 Å². The molecule has 3 rings (SSSR count). The number of anilines is 2. The average molecular weight is 412 g/mol. The van der Waals surface area contributed by atoms with Crippen LogP contribution in [0.15, 0.2) is 53.9 Å². The Labute approximate surface area is 172 Å². The van der Waals surface area contributed by atoms with E-state index in [9.17, 15) is 14.0 Å². The molecule has 0 unspecified atom stereocenters. The Balaban J connectivity index is 1.79. The summed E-state index contributed by atoms with van der Waals surface area (Å²) in [6, 6.07) is 13.5. The van der Waals surface area contributed by atoms with E-state index in [2.05, 4.69) is 10.6 Å². The molecular formula is C22H21FN2O3S. The summed E-state index contributed by atoms with van der Waals surface area (Å²) in [6.45, 7) is 3.95. The van der Waals surface area contributed by atoms with E-state index in [0.29, 0.717) is 16.1 Å². The minimum atomic E-state index is -0.532. The molecule has 1 aromatic heterocycles. The van der Waals surface area contributed by atoms with Crippen LogP contribution in [0.3, 0.4) is 0 Å². The smallest absolute Gasteiger partial charge is 0.341 e. The fraction of sp³-hybridized carbons (Fsp3) is 0.182. The first-order valence-electron chi connectivity index (χ1n) is 9.13. The highest BCUT2D eigenvalue weighted by Crippen LogP contribution is 2.36. The van der Waals surface area contributed by atoms with E-state index in [0.717, 1.165) is 11.3 Å². The molecule has 0 saturated heterocycles. The largest absolute Gasteiger partial charge is 0.462 e. The van der Waals surface area contributed by atoms with E-state index >= 15 is 0 Å². The van der Waals surface area contributed by atoms with E-state index in [1.54, 1.807) is 24.4 Å². The normalized spacial score (nSPS) is 10.4. The Bertz CT molecular complexity index is 1020. The third kappa shape index (κ3) is 5.20. The zero-order valence-electron chi connectivity index (χ0n) is 16.1. The van der Waals surface area contributed by atoms with Crippen molar-refractivity contribution in [1.82, 2.24) is 0 Å². The van der Waals surface area contributed by atoms with Crippen molar-refractivity contribution in [2.75, 3.05) is 23.8 Å². The Morgan fingerprint density at radius 1 is 1.14 bits per heavy atom. The third-order valence-corrected chi connectivity index (χ3v) is 5.05. The van der Waals surface area contributed by atoms with Crippen LogP contribution in [0.5, 0.6) is 0 Å². The standard InChI is InChI=1S/C22H21FN2O3S/c1-3-28-22(27)20-18(15-7-9-16(23)10-8-15)13-29-21(20)25-19(26)12-24-17-6-4-5-14(2)11-17/h4-11,13,24H,3,12H2,1-2H3,(H,25,26). The van der Waals surface area contributed by atoms with Crippen LogP contribution in [0.1, 0.15) is 22.8 Å². The van der Waals surface area contributed by atoms with Gasteiger partial charge in [-0.3, -0.25) is 4.79 Å². The van der Waals surface area contributed by atoms with Crippen LogP contribution in [0.4, 0.5) is 15.1 Å². The van der Waals surface area contributed by atoms with Crippen molar-refractivity contribution in [3.8, 4) is 11.1 Å². The van der Waals surface area contributed by atoms with Crippen molar-refractivity contribution in [3.05, 3.63) is 70.9 Å². The van der Waals surface area contributed by atoms with Gasteiger partial charge < -0.3 is 15.4 Å². The van der Waals surface area contributed by atoms with Crippen LogP contribution in [0.2, 0.25) is 0 Å². The molecule has 0 aliphatic rings. The van der Waals surface area contributed by atoms with Crippen molar-refractivity contribution < 1.29 is 18.7 Å². The maximum absolute atomic E-state index is 13.3. The molecule has 0 saturated carbocycles. The number of esters is 1. The molecule has 0 aliphatic heterocycles. The summed E-state index contributed by atoms with van der Waals surface area (Å²) >= 11 is 1.23. The zero-order chi connectivity index (χ0) is 20.8. The highest BCUT2D eigenvalue weighted by molar-refractivity contribution is 7.15. The van der Waals surface area contributed by atoms with E-state index < -0.39 is 5.97 Å². The van der Waals surface area contributed by atoms with Gasteiger partial charge in [0.15, 0.2) is 0 Å². The first kappa shape index (κ1) is 20.5. The number of carbonyl (C=O) groups is 2. The summed E-state index contributed by atoms with van der Waals surface area (Å²) in [5.74, 6) is -1.18. The first-order valence-corrected chi connectivity index (χ1v) is 10.0. The quantitative estimate of drug-likeness (QED) is 0.531. The fourth-order valence-corrected chi connectivity index (χ4v) is 3.78. The molecule has 29 heavy (non-hydrogen) atoms.